The normalized spacial score (nSPS) is 11.3. The van der Waals surface area contributed by atoms with Crippen LogP contribution in [-0.2, 0) is 23.9 Å². The lowest BCUT2D eigenvalue weighted by Gasteiger charge is -2.15. The summed E-state index contributed by atoms with van der Waals surface area (Å²) in [7, 11) is 2.47. The molecule has 0 saturated carbocycles. The number of methoxy groups -OCH3 is 2. The van der Waals surface area contributed by atoms with Crippen LogP contribution in [0.3, 0.4) is 0 Å². The maximum absolute atomic E-state index is 11.5. The fourth-order valence-electron chi connectivity index (χ4n) is 1.14. The molecule has 1 N–H and O–H groups in total. The molecule has 0 aromatic heterocycles. The maximum atomic E-state index is 11.5. The highest BCUT2D eigenvalue weighted by atomic mass is 79.9. The smallest absolute Gasteiger partial charge is 0.328 e. The molecule has 0 rings (SSSR count). The van der Waals surface area contributed by atoms with Crippen molar-refractivity contribution in [2.75, 3.05) is 14.2 Å². The lowest BCUT2D eigenvalue weighted by molar-refractivity contribution is -0.145. The van der Waals surface area contributed by atoms with Gasteiger partial charge in [0.15, 0.2) is 0 Å². The molecule has 0 aromatic rings. The van der Waals surface area contributed by atoms with Gasteiger partial charge in [-0.3, -0.25) is 9.59 Å². The Morgan fingerprint density at radius 3 is 2.28 bits per heavy atom. The van der Waals surface area contributed by atoms with Crippen LogP contribution in [0.15, 0.2) is 11.1 Å². The van der Waals surface area contributed by atoms with Crippen LogP contribution in [0.5, 0.6) is 0 Å². The minimum atomic E-state index is -0.813. The highest BCUT2D eigenvalue weighted by Crippen LogP contribution is 2.11. The maximum Gasteiger partial charge on any atom is 0.328 e. The number of ether oxygens (including phenoxy) is 2. The molecule has 6 nitrogen and oxygen atoms in total. The van der Waals surface area contributed by atoms with Crippen molar-refractivity contribution in [3.8, 4) is 0 Å². The molecule has 0 unspecified atom stereocenters. The third-order valence-corrected chi connectivity index (χ3v) is 2.35. The highest BCUT2D eigenvalue weighted by Gasteiger charge is 2.22. The summed E-state index contributed by atoms with van der Waals surface area (Å²) in [5.74, 6) is -1.48. The Hall–Kier alpha value is -1.37. The van der Waals surface area contributed by atoms with E-state index in [0.29, 0.717) is 4.48 Å². The zero-order chi connectivity index (χ0) is 14.1. The number of carbonyl (C=O) groups excluding carboxylic acids is 3. The van der Waals surface area contributed by atoms with E-state index in [4.69, 9.17) is 0 Å². The molecule has 1 amide bonds. The number of hydrogen-bond acceptors (Lipinski definition) is 5. The first kappa shape index (κ1) is 16.6. The Bertz CT molecular complexity index is 342. The second kappa shape index (κ2) is 8.68. The van der Waals surface area contributed by atoms with Gasteiger partial charge in [0.1, 0.15) is 6.04 Å². The van der Waals surface area contributed by atoms with Crippen LogP contribution in [0.25, 0.3) is 0 Å². The summed E-state index contributed by atoms with van der Waals surface area (Å²) < 4.78 is 9.52. The van der Waals surface area contributed by atoms with Gasteiger partial charge >= 0.3 is 11.9 Å². The van der Waals surface area contributed by atoms with Crippen molar-refractivity contribution >= 4 is 33.8 Å². The molecule has 0 aromatic carbocycles. The Kier molecular flexibility index (Phi) is 8.02. The number of amides is 1. The fourth-order valence-corrected chi connectivity index (χ4v) is 1.46. The van der Waals surface area contributed by atoms with Crippen molar-refractivity contribution in [1.29, 1.82) is 0 Å². The molecule has 102 valence electrons. The van der Waals surface area contributed by atoms with Gasteiger partial charge in [-0.05, 0) is 4.48 Å². The SMILES string of the molecule is C=C(Br)C[C@@H](NC(=O)CCC(=O)OC)C(=O)OC. The van der Waals surface area contributed by atoms with Crippen molar-refractivity contribution in [3.05, 3.63) is 11.1 Å². The summed E-state index contributed by atoms with van der Waals surface area (Å²) in [5.41, 5.74) is 0. The van der Waals surface area contributed by atoms with Crippen LogP contribution < -0.4 is 5.32 Å². The van der Waals surface area contributed by atoms with E-state index in [1.54, 1.807) is 0 Å². The van der Waals surface area contributed by atoms with Crippen molar-refractivity contribution in [2.45, 2.75) is 25.3 Å². The quantitative estimate of drug-likeness (QED) is 0.704. The number of rotatable bonds is 7. The topological polar surface area (TPSA) is 81.7 Å². The molecule has 18 heavy (non-hydrogen) atoms. The third kappa shape index (κ3) is 7.05. The lowest BCUT2D eigenvalue weighted by atomic mass is 10.2. The minimum absolute atomic E-state index is 0.0362. The fraction of sp³-hybridized carbons (Fsp3) is 0.545. The van der Waals surface area contributed by atoms with Gasteiger partial charge in [-0.1, -0.05) is 22.5 Å². The molecule has 0 spiro atoms. The molecule has 0 saturated heterocycles. The van der Waals surface area contributed by atoms with Gasteiger partial charge in [0, 0.05) is 12.8 Å². The first-order valence-corrected chi connectivity index (χ1v) is 5.97. The summed E-state index contributed by atoms with van der Waals surface area (Å²) in [4.78, 5) is 33.7. The van der Waals surface area contributed by atoms with Crippen LogP contribution in [-0.4, -0.2) is 38.1 Å². The number of halogens is 1. The van der Waals surface area contributed by atoms with Crippen molar-refractivity contribution < 1.29 is 23.9 Å². The van der Waals surface area contributed by atoms with E-state index in [9.17, 15) is 14.4 Å². The van der Waals surface area contributed by atoms with Gasteiger partial charge in [-0.25, -0.2) is 4.79 Å². The second-order valence-corrected chi connectivity index (χ2v) is 4.56. The van der Waals surface area contributed by atoms with Gasteiger partial charge in [0.25, 0.3) is 0 Å². The first-order chi connectivity index (χ1) is 8.40. The first-order valence-electron chi connectivity index (χ1n) is 5.18. The van der Waals surface area contributed by atoms with E-state index < -0.39 is 23.9 Å². The molecule has 0 radical (unpaired) electrons. The molecule has 0 heterocycles. The number of carbonyl (C=O) groups is 3. The molecule has 0 aliphatic heterocycles. The van der Waals surface area contributed by atoms with Gasteiger partial charge in [-0.2, -0.15) is 0 Å². The minimum Gasteiger partial charge on any atom is -0.469 e. The van der Waals surface area contributed by atoms with E-state index in [0.717, 1.165) is 0 Å². The summed E-state index contributed by atoms with van der Waals surface area (Å²) in [5, 5.41) is 2.47. The second-order valence-electron chi connectivity index (χ2n) is 3.44. The summed E-state index contributed by atoms with van der Waals surface area (Å²) in [6, 6.07) is -0.813. The Labute approximate surface area is 114 Å². The Balaban J connectivity index is 4.30. The number of nitrogens with one attached hydrogen (secondary N) is 1. The molecule has 0 aliphatic rings. The van der Waals surface area contributed by atoms with Crippen LogP contribution >= 0.6 is 15.9 Å². The van der Waals surface area contributed by atoms with Crippen LogP contribution in [0.1, 0.15) is 19.3 Å². The van der Waals surface area contributed by atoms with E-state index in [1.807, 2.05) is 0 Å². The van der Waals surface area contributed by atoms with Gasteiger partial charge in [0.05, 0.1) is 20.6 Å². The van der Waals surface area contributed by atoms with Crippen molar-refractivity contribution in [1.82, 2.24) is 5.32 Å². The number of esters is 2. The zero-order valence-electron chi connectivity index (χ0n) is 10.3. The molecule has 7 heteroatoms. The summed E-state index contributed by atoms with van der Waals surface area (Å²) in [6.07, 6.45) is 0.136. The molecule has 0 fully saturated rings. The standard InChI is InChI=1S/C11H16BrNO5/c1-7(12)6-8(11(16)18-3)13-9(14)4-5-10(15)17-2/h8H,1,4-6H2,2-3H3,(H,13,14)/t8-/m1/s1. The van der Waals surface area contributed by atoms with Crippen LogP contribution in [0.4, 0.5) is 0 Å². The van der Waals surface area contributed by atoms with Crippen molar-refractivity contribution in [3.63, 3.8) is 0 Å². The molecular formula is C11H16BrNO5. The van der Waals surface area contributed by atoms with Crippen molar-refractivity contribution in [2.24, 2.45) is 0 Å². The monoisotopic (exact) mass is 321 g/mol. The van der Waals surface area contributed by atoms with E-state index in [1.165, 1.54) is 14.2 Å². The van der Waals surface area contributed by atoms with Crippen LogP contribution in [0, 0.1) is 0 Å². The summed E-state index contributed by atoms with van der Waals surface area (Å²) in [6.45, 7) is 3.59. The Morgan fingerprint density at radius 1 is 1.22 bits per heavy atom. The third-order valence-electron chi connectivity index (χ3n) is 2.03. The highest BCUT2D eigenvalue weighted by molar-refractivity contribution is 9.11. The molecule has 0 bridgehead atoms. The Morgan fingerprint density at radius 2 is 1.83 bits per heavy atom. The van der Waals surface area contributed by atoms with Crippen LogP contribution in [0.2, 0.25) is 0 Å². The zero-order valence-corrected chi connectivity index (χ0v) is 11.9. The average molecular weight is 322 g/mol. The average Bonchev–Trinajstić information content (AvgIpc) is 2.33. The summed E-state index contributed by atoms with van der Waals surface area (Å²) >= 11 is 3.11. The van der Waals surface area contributed by atoms with E-state index >= 15 is 0 Å². The predicted molar refractivity (Wildman–Crippen MR) is 67.9 cm³/mol. The molecule has 1 atom stereocenters. The van der Waals surface area contributed by atoms with E-state index in [2.05, 4.69) is 37.3 Å². The number of hydrogen-bond donors (Lipinski definition) is 1. The van der Waals surface area contributed by atoms with Gasteiger partial charge in [-0.15, -0.1) is 0 Å². The van der Waals surface area contributed by atoms with Gasteiger partial charge in [0.2, 0.25) is 5.91 Å². The van der Waals surface area contributed by atoms with Gasteiger partial charge < -0.3 is 14.8 Å². The molecule has 0 aliphatic carbocycles. The largest absolute Gasteiger partial charge is 0.469 e. The lowest BCUT2D eigenvalue weighted by Crippen LogP contribution is -2.41. The molecular weight excluding hydrogens is 306 g/mol. The van der Waals surface area contributed by atoms with E-state index in [-0.39, 0.29) is 19.3 Å². The predicted octanol–water partition coefficient (Wildman–Crippen LogP) is 0.896.